The lowest BCUT2D eigenvalue weighted by Gasteiger charge is -2.33. The maximum absolute atomic E-state index is 14.6. The summed E-state index contributed by atoms with van der Waals surface area (Å²) in [6.45, 7) is 2.36. The zero-order chi connectivity index (χ0) is 25.8. The molecule has 0 saturated carbocycles. The van der Waals surface area contributed by atoms with Gasteiger partial charge in [-0.05, 0) is 79.1 Å². The van der Waals surface area contributed by atoms with Crippen molar-refractivity contribution in [3.8, 4) is 0 Å². The molecule has 2 aromatic carbocycles. The largest absolute Gasteiger partial charge is 0.322 e. The molecule has 3 aliphatic rings. The van der Waals surface area contributed by atoms with E-state index in [1.165, 1.54) is 27.4 Å². The molecule has 5 rings (SSSR count). The molecule has 0 bridgehead atoms. The lowest BCUT2D eigenvalue weighted by molar-refractivity contribution is -0.136. The number of imide groups is 1. The SMILES string of the molecule is Cc1cc(Cl)ccc1S(=O)(=O)N1CCC(c2cc(F)cc3c2CN(C2CCC(=O)NC2=O)C3=O)CC1. The van der Waals surface area contributed by atoms with Crippen LogP contribution < -0.4 is 5.32 Å². The van der Waals surface area contributed by atoms with Gasteiger partial charge in [-0.3, -0.25) is 19.7 Å². The van der Waals surface area contributed by atoms with Gasteiger partial charge in [-0.25, -0.2) is 12.8 Å². The molecule has 3 heterocycles. The van der Waals surface area contributed by atoms with E-state index in [0.717, 1.165) is 0 Å². The van der Waals surface area contributed by atoms with Crippen LogP contribution in [0.4, 0.5) is 4.39 Å². The third-order valence-electron chi connectivity index (χ3n) is 7.30. The Morgan fingerprint density at radius 3 is 2.44 bits per heavy atom. The van der Waals surface area contributed by atoms with Gasteiger partial charge in [-0.2, -0.15) is 4.31 Å². The van der Waals surface area contributed by atoms with Crippen molar-refractivity contribution < 1.29 is 27.2 Å². The number of amides is 3. The van der Waals surface area contributed by atoms with Crippen LogP contribution in [-0.4, -0.2) is 54.5 Å². The molecule has 190 valence electrons. The summed E-state index contributed by atoms with van der Waals surface area (Å²) >= 11 is 5.98. The van der Waals surface area contributed by atoms with E-state index in [9.17, 15) is 27.2 Å². The van der Waals surface area contributed by atoms with Gasteiger partial charge in [0.2, 0.25) is 21.8 Å². The Morgan fingerprint density at radius 2 is 1.78 bits per heavy atom. The zero-order valence-corrected chi connectivity index (χ0v) is 21.2. The highest BCUT2D eigenvalue weighted by atomic mass is 35.5. The first-order valence-corrected chi connectivity index (χ1v) is 13.6. The van der Waals surface area contributed by atoms with E-state index >= 15 is 0 Å². The number of aryl methyl sites for hydroxylation is 1. The Hall–Kier alpha value is -2.82. The topological polar surface area (TPSA) is 104 Å². The van der Waals surface area contributed by atoms with Crippen LogP contribution in [-0.2, 0) is 26.2 Å². The summed E-state index contributed by atoms with van der Waals surface area (Å²) in [6, 6.07) is 6.49. The smallest absolute Gasteiger partial charge is 0.255 e. The summed E-state index contributed by atoms with van der Waals surface area (Å²) in [4.78, 5) is 38.6. The van der Waals surface area contributed by atoms with Crippen LogP contribution in [0.5, 0.6) is 0 Å². The Morgan fingerprint density at radius 1 is 1.06 bits per heavy atom. The number of hydrogen-bond donors (Lipinski definition) is 1. The van der Waals surface area contributed by atoms with Gasteiger partial charge in [0.25, 0.3) is 5.91 Å². The van der Waals surface area contributed by atoms with Crippen LogP contribution in [0.25, 0.3) is 0 Å². The molecule has 3 amide bonds. The number of nitrogens with one attached hydrogen (secondary N) is 1. The van der Waals surface area contributed by atoms with Gasteiger partial charge in [0.1, 0.15) is 11.9 Å². The van der Waals surface area contributed by atoms with Crippen LogP contribution in [0, 0.1) is 12.7 Å². The van der Waals surface area contributed by atoms with Crippen molar-refractivity contribution in [1.29, 1.82) is 0 Å². The van der Waals surface area contributed by atoms with Crippen LogP contribution in [0.1, 0.15) is 58.6 Å². The maximum atomic E-state index is 14.6. The molecule has 3 aliphatic heterocycles. The number of piperidine rings is 2. The second kappa shape index (κ2) is 9.24. The normalized spacial score (nSPS) is 21.6. The van der Waals surface area contributed by atoms with Gasteiger partial charge in [-0.15, -0.1) is 0 Å². The Labute approximate surface area is 213 Å². The highest BCUT2D eigenvalue weighted by Gasteiger charge is 2.41. The minimum Gasteiger partial charge on any atom is -0.322 e. The first kappa shape index (κ1) is 24.9. The third-order valence-corrected chi connectivity index (χ3v) is 9.60. The number of halogens is 2. The first-order chi connectivity index (χ1) is 17.1. The molecule has 0 radical (unpaired) electrons. The molecule has 0 spiro atoms. The molecule has 2 saturated heterocycles. The summed E-state index contributed by atoms with van der Waals surface area (Å²) in [5, 5.41) is 2.73. The average molecular weight is 534 g/mol. The highest BCUT2D eigenvalue weighted by molar-refractivity contribution is 7.89. The fraction of sp³-hybridized carbons (Fsp3) is 0.400. The van der Waals surface area contributed by atoms with E-state index in [1.807, 2.05) is 0 Å². The van der Waals surface area contributed by atoms with Gasteiger partial charge in [0, 0.05) is 36.6 Å². The number of rotatable bonds is 4. The van der Waals surface area contributed by atoms with Crippen LogP contribution in [0.3, 0.4) is 0 Å². The Bertz CT molecular complexity index is 1390. The highest BCUT2D eigenvalue weighted by Crippen LogP contribution is 2.38. The first-order valence-electron chi connectivity index (χ1n) is 11.8. The van der Waals surface area contributed by atoms with Crippen molar-refractivity contribution in [2.75, 3.05) is 13.1 Å². The molecule has 0 aromatic heterocycles. The van der Waals surface area contributed by atoms with E-state index in [1.54, 1.807) is 19.1 Å². The van der Waals surface area contributed by atoms with E-state index in [-0.39, 0.29) is 54.8 Å². The van der Waals surface area contributed by atoms with Gasteiger partial charge in [0.15, 0.2) is 0 Å². The number of sulfonamides is 1. The molecule has 36 heavy (non-hydrogen) atoms. The van der Waals surface area contributed by atoms with Crippen molar-refractivity contribution in [2.24, 2.45) is 0 Å². The van der Waals surface area contributed by atoms with Crippen molar-refractivity contribution in [3.05, 3.63) is 63.4 Å². The molecule has 1 atom stereocenters. The second-order valence-corrected chi connectivity index (χ2v) is 11.9. The number of carbonyl (C=O) groups excluding carboxylic acids is 3. The number of hydrogen-bond acceptors (Lipinski definition) is 5. The van der Waals surface area contributed by atoms with Crippen molar-refractivity contribution in [2.45, 2.75) is 56.0 Å². The predicted molar refractivity (Wildman–Crippen MR) is 129 cm³/mol. The summed E-state index contributed by atoms with van der Waals surface area (Å²) in [5.41, 5.74) is 2.13. The lowest BCUT2D eigenvalue weighted by Crippen LogP contribution is -2.52. The van der Waals surface area contributed by atoms with Crippen LogP contribution >= 0.6 is 11.6 Å². The lowest BCUT2D eigenvalue weighted by atomic mass is 9.86. The van der Waals surface area contributed by atoms with E-state index in [2.05, 4.69) is 5.32 Å². The second-order valence-electron chi connectivity index (χ2n) is 9.51. The van der Waals surface area contributed by atoms with Crippen LogP contribution in [0.2, 0.25) is 5.02 Å². The molecule has 1 unspecified atom stereocenters. The number of nitrogens with zero attached hydrogens (tertiary/aromatic N) is 2. The Kier molecular flexibility index (Phi) is 6.38. The molecule has 8 nitrogen and oxygen atoms in total. The number of benzene rings is 2. The summed E-state index contributed by atoms with van der Waals surface area (Å²) in [7, 11) is -3.71. The standard InChI is InChI=1S/C25H25ClFN3O5S/c1-14-10-16(26)2-4-22(14)36(34,35)29-8-6-15(7-9-29)18-11-17(27)12-19-20(18)13-30(25(19)33)21-3-5-23(31)28-24(21)32/h2,4,10-12,15,21H,3,5-9,13H2,1H3,(H,28,31,32). The predicted octanol–water partition coefficient (Wildman–Crippen LogP) is 3.12. The molecular weight excluding hydrogens is 509 g/mol. The molecular formula is C25H25ClFN3O5S. The van der Waals surface area contributed by atoms with Crippen molar-refractivity contribution >= 4 is 39.3 Å². The van der Waals surface area contributed by atoms with Crippen molar-refractivity contribution in [3.63, 3.8) is 0 Å². The third kappa shape index (κ3) is 4.31. The van der Waals surface area contributed by atoms with Gasteiger partial charge in [0.05, 0.1) is 4.90 Å². The quantitative estimate of drug-likeness (QED) is 0.608. The van der Waals surface area contributed by atoms with E-state index in [4.69, 9.17) is 11.6 Å². The Balaban J connectivity index is 1.36. The van der Waals surface area contributed by atoms with E-state index < -0.39 is 33.7 Å². The number of carbonyl (C=O) groups is 3. The number of fused-ring (bicyclic) bond motifs is 1. The molecule has 11 heteroatoms. The molecule has 1 N–H and O–H groups in total. The maximum Gasteiger partial charge on any atom is 0.255 e. The fourth-order valence-corrected chi connectivity index (χ4v) is 7.37. The summed E-state index contributed by atoms with van der Waals surface area (Å²) < 4.78 is 42.5. The average Bonchev–Trinajstić information content (AvgIpc) is 3.14. The van der Waals surface area contributed by atoms with Gasteiger partial charge in [-0.1, -0.05) is 11.6 Å². The monoisotopic (exact) mass is 533 g/mol. The molecule has 2 aromatic rings. The van der Waals surface area contributed by atoms with Gasteiger partial charge < -0.3 is 4.90 Å². The van der Waals surface area contributed by atoms with Crippen LogP contribution in [0.15, 0.2) is 35.2 Å². The van der Waals surface area contributed by atoms with Crippen molar-refractivity contribution in [1.82, 2.24) is 14.5 Å². The van der Waals surface area contributed by atoms with E-state index in [0.29, 0.717) is 34.6 Å². The van der Waals surface area contributed by atoms with Gasteiger partial charge >= 0.3 is 0 Å². The fourth-order valence-electron chi connectivity index (χ4n) is 5.47. The molecule has 2 fully saturated rings. The minimum absolute atomic E-state index is 0.137. The summed E-state index contributed by atoms with van der Waals surface area (Å²) in [6.07, 6.45) is 1.29. The summed E-state index contributed by atoms with van der Waals surface area (Å²) in [5.74, 6) is -2.01. The molecule has 0 aliphatic carbocycles. The minimum atomic E-state index is -3.71. The zero-order valence-electron chi connectivity index (χ0n) is 19.6.